The Bertz CT molecular complexity index is 447. The Balaban J connectivity index is 1.85. The summed E-state index contributed by atoms with van der Waals surface area (Å²) in [5, 5.41) is 0. The van der Waals surface area contributed by atoms with E-state index >= 15 is 0 Å². The number of rotatable bonds is 4. The number of carbonyl (C=O) groups excluding carboxylic acids is 1. The minimum Gasteiger partial charge on any atom is -0.481 e. The molecule has 0 aliphatic heterocycles. The highest BCUT2D eigenvalue weighted by atomic mass is 16.6. The van der Waals surface area contributed by atoms with Crippen LogP contribution in [-0.4, -0.2) is 23.7 Å². The third kappa shape index (κ3) is 3.94. The van der Waals surface area contributed by atoms with E-state index in [1.54, 1.807) is 7.11 Å². The van der Waals surface area contributed by atoms with Crippen molar-refractivity contribution in [3.8, 4) is 5.88 Å². The van der Waals surface area contributed by atoms with E-state index in [1.165, 1.54) is 5.56 Å². The number of ether oxygens (including phenoxy) is 2. The van der Waals surface area contributed by atoms with Crippen LogP contribution >= 0.6 is 0 Å². The summed E-state index contributed by atoms with van der Waals surface area (Å²) in [6.45, 7) is 5.67. The summed E-state index contributed by atoms with van der Waals surface area (Å²) in [6.07, 6.45) is 3.36. The standard InChI is InChI=1S/C15H21NO3/c1-15(2,3)19-14(17)8-11-7-12(11)10-5-6-13(18-4)16-9-10/h5-6,9,11-12H,7-8H2,1-4H3. The molecule has 1 aromatic heterocycles. The third-order valence-corrected chi connectivity index (χ3v) is 3.17. The van der Waals surface area contributed by atoms with Crippen LogP contribution in [0.25, 0.3) is 0 Å². The minimum atomic E-state index is -0.400. The predicted molar refractivity (Wildman–Crippen MR) is 72.1 cm³/mol. The second-order valence-corrected chi connectivity index (χ2v) is 6.03. The zero-order valence-electron chi connectivity index (χ0n) is 12.0. The highest BCUT2D eigenvalue weighted by Gasteiger charge is 2.40. The molecule has 2 unspecified atom stereocenters. The molecule has 19 heavy (non-hydrogen) atoms. The highest BCUT2D eigenvalue weighted by molar-refractivity contribution is 5.71. The molecule has 0 bridgehead atoms. The molecular weight excluding hydrogens is 242 g/mol. The van der Waals surface area contributed by atoms with Gasteiger partial charge in [0.05, 0.1) is 7.11 Å². The Morgan fingerprint density at radius 1 is 1.42 bits per heavy atom. The molecule has 0 amide bonds. The van der Waals surface area contributed by atoms with Crippen molar-refractivity contribution < 1.29 is 14.3 Å². The summed E-state index contributed by atoms with van der Waals surface area (Å²) >= 11 is 0. The van der Waals surface area contributed by atoms with Gasteiger partial charge in [0.1, 0.15) is 5.60 Å². The van der Waals surface area contributed by atoms with Gasteiger partial charge in [0, 0.05) is 18.7 Å². The van der Waals surface area contributed by atoms with Crippen LogP contribution in [0.5, 0.6) is 5.88 Å². The lowest BCUT2D eigenvalue weighted by molar-refractivity contribution is -0.155. The van der Waals surface area contributed by atoms with Gasteiger partial charge >= 0.3 is 5.97 Å². The van der Waals surface area contributed by atoms with E-state index in [1.807, 2.05) is 39.1 Å². The van der Waals surface area contributed by atoms with Crippen LogP contribution in [-0.2, 0) is 9.53 Å². The molecule has 4 nitrogen and oxygen atoms in total. The fourth-order valence-corrected chi connectivity index (χ4v) is 2.21. The number of aromatic nitrogens is 1. The normalized spacial score (nSPS) is 21.9. The number of pyridine rings is 1. The number of nitrogens with zero attached hydrogens (tertiary/aromatic N) is 1. The minimum absolute atomic E-state index is 0.110. The monoisotopic (exact) mass is 263 g/mol. The molecule has 1 saturated carbocycles. The molecule has 1 fully saturated rings. The highest BCUT2D eigenvalue weighted by Crippen LogP contribution is 2.49. The molecule has 0 radical (unpaired) electrons. The third-order valence-electron chi connectivity index (χ3n) is 3.17. The molecule has 2 rings (SSSR count). The first kappa shape index (κ1) is 13.8. The molecule has 0 spiro atoms. The van der Waals surface area contributed by atoms with Gasteiger partial charge in [-0.1, -0.05) is 6.07 Å². The van der Waals surface area contributed by atoms with Crippen LogP contribution in [0.2, 0.25) is 0 Å². The zero-order valence-corrected chi connectivity index (χ0v) is 12.0. The number of hydrogen-bond acceptors (Lipinski definition) is 4. The SMILES string of the molecule is COc1ccc(C2CC2CC(=O)OC(C)(C)C)cn1. The van der Waals surface area contributed by atoms with E-state index in [0.717, 1.165) is 6.42 Å². The Labute approximate surface area is 114 Å². The van der Waals surface area contributed by atoms with Gasteiger partial charge in [0.2, 0.25) is 5.88 Å². The first-order valence-corrected chi connectivity index (χ1v) is 6.61. The van der Waals surface area contributed by atoms with E-state index in [0.29, 0.717) is 24.1 Å². The summed E-state index contributed by atoms with van der Waals surface area (Å²) in [7, 11) is 1.60. The van der Waals surface area contributed by atoms with Gasteiger partial charge in [-0.05, 0) is 44.6 Å². The number of carbonyl (C=O) groups is 1. The number of methoxy groups -OCH3 is 1. The smallest absolute Gasteiger partial charge is 0.306 e. The van der Waals surface area contributed by atoms with Gasteiger partial charge in [-0.3, -0.25) is 4.79 Å². The van der Waals surface area contributed by atoms with Crippen LogP contribution in [0.3, 0.4) is 0 Å². The zero-order chi connectivity index (χ0) is 14.0. The van der Waals surface area contributed by atoms with E-state index in [-0.39, 0.29) is 5.97 Å². The molecular formula is C15H21NO3. The predicted octanol–water partition coefficient (Wildman–Crippen LogP) is 2.93. The Hall–Kier alpha value is -1.58. The molecule has 1 aliphatic rings. The van der Waals surface area contributed by atoms with Gasteiger partial charge in [0.25, 0.3) is 0 Å². The van der Waals surface area contributed by atoms with E-state index in [4.69, 9.17) is 9.47 Å². The average Bonchev–Trinajstić information content (AvgIpc) is 3.06. The molecule has 0 N–H and O–H groups in total. The molecule has 104 valence electrons. The van der Waals surface area contributed by atoms with Gasteiger partial charge in [-0.15, -0.1) is 0 Å². The molecule has 1 heterocycles. The van der Waals surface area contributed by atoms with Crippen LogP contribution in [0, 0.1) is 5.92 Å². The van der Waals surface area contributed by atoms with Crippen molar-refractivity contribution in [3.05, 3.63) is 23.9 Å². The fraction of sp³-hybridized carbons (Fsp3) is 0.600. The van der Waals surface area contributed by atoms with Crippen LogP contribution in [0.15, 0.2) is 18.3 Å². The summed E-state index contributed by atoms with van der Waals surface area (Å²) in [5.41, 5.74) is 0.776. The van der Waals surface area contributed by atoms with Crippen LogP contribution < -0.4 is 4.74 Å². The van der Waals surface area contributed by atoms with Gasteiger partial charge in [0.15, 0.2) is 0 Å². The van der Waals surface area contributed by atoms with Crippen molar-refractivity contribution in [2.24, 2.45) is 5.92 Å². The molecule has 1 aliphatic carbocycles. The summed E-state index contributed by atoms with van der Waals surface area (Å²) in [4.78, 5) is 15.9. The fourth-order valence-electron chi connectivity index (χ4n) is 2.21. The summed E-state index contributed by atoms with van der Waals surface area (Å²) < 4.78 is 10.4. The lowest BCUT2D eigenvalue weighted by Crippen LogP contribution is -2.24. The van der Waals surface area contributed by atoms with Crippen molar-refractivity contribution in [3.63, 3.8) is 0 Å². The first-order valence-electron chi connectivity index (χ1n) is 6.61. The molecule has 0 aromatic carbocycles. The average molecular weight is 263 g/mol. The molecule has 1 aromatic rings. The quantitative estimate of drug-likeness (QED) is 0.784. The molecule has 0 saturated heterocycles. The second kappa shape index (κ2) is 5.19. The molecule has 2 atom stereocenters. The maximum atomic E-state index is 11.7. The number of hydrogen-bond donors (Lipinski definition) is 0. The van der Waals surface area contributed by atoms with Crippen molar-refractivity contribution >= 4 is 5.97 Å². The lowest BCUT2D eigenvalue weighted by atomic mass is 10.1. The van der Waals surface area contributed by atoms with Crippen LogP contribution in [0.4, 0.5) is 0 Å². The first-order chi connectivity index (χ1) is 8.89. The van der Waals surface area contributed by atoms with Crippen molar-refractivity contribution in [1.82, 2.24) is 4.98 Å². The largest absolute Gasteiger partial charge is 0.481 e. The maximum absolute atomic E-state index is 11.7. The van der Waals surface area contributed by atoms with Gasteiger partial charge in [-0.2, -0.15) is 0 Å². The summed E-state index contributed by atoms with van der Waals surface area (Å²) in [5.74, 6) is 1.34. The summed E-state index contributed by atoms with van der Waals surface area (Å²) in [6, 6.07) is 3.88. The van der Waals surface area contributed by atoms with E-state index in [2.05, 4.69) is 4.98 Å². The lowest BCUT2D eigenvalue weighted by Gasteiger charge is -2.19. The van der Waals surface area contributed by atoms with E-state index in [9.17, 15) is 4.79 Å². The van der Waals surface area contributed by atoms with E-state index < -0.39 is 5.60 Å². The van der Waals surface area contributed by atoms with Crippen molar-refractivity contribution in [1.29, 1.82) is 0 Å². The van der Waals surface area contributed by atoms with Crippen LogP contribution in [0.1, 0.15) is 45.1 Å². The number of esters is 1. The topological polar surface area (TPSA) is 48.4 Å². The Morgan fingerprint density at radius 3 is 2.68 bits per heavy atom. The maximum Gasteiger partial charge on any atom is 0.306 e. The second-order valence-electron chi connectivity index (χ2n) is 6.03. The van der Waals surface area contributed by atoms with Gasteiger partial charge < -0.3 is 9.47 Å². The Kier molecular flexibility index (Phi) is 3.78. The Morgan fingerprint density at radius 2 is 2.16 bits per heavy atom. The van der Waals surface area contributed by atoms with Gasteiger partial charge in [-0.25, -0.2) is 4.98 Å². The van der Waals surface area contributed by atoms with Crippen molar-refractivity contribution in [2.45, 2.75) is 45.1 Å². The molecule has 4 heteroatoms. The van der Waals surface area contributed by atoms with Crippen molar-refractivity contribution in [2.75, 3.05) is 7.11 Å².